The number of nitrogens with two attached hydrogens (primary N) is 1. The average molecular weight is 617 g/mol. The minimum absolute atomic E-state index is 0.107. The van der Waals surface area contributed by atoms with Gasteiger partial charge in [-0.25, -0.2) is 9.55 Å². The van der Waals surface area contributed by atoms with Gasteiger partial charge in [0.15, 0.2) is 17.4 Å². The molecular formula is C27H33N6O9P. The molecule has 0 aliphatic carbocycles. The molecule has 4 aromatic rings. The third kappa shape index (κ3) is 5.87. The maximum absolute atomic E-state index is 14.2. The molecule has 1 aliphatic rings. The number of methoxy groups -OCH3 is 1. The standard InChI is InChI=1S/C27H33N6O9P/c1-14(2)19(24(35)36)32-43(38,42-17-11-7-9-15-8-5-6-10-16(15)17)40-12-18-21(34)27(3,37)25(41-18)33-13-29-20-22(33)30-26(28)31-23(20)39-4/h5-11,13-14,18-19,21,25,34,37H,12H2,1-4H3,(H,32,38)(H,35,36)(H2,28,30,31)/t18-,19?,21-,25?,27-,43?/m1/s1. The number of aliphatic carboxylic acids is 1. The SMILES string of the molecule is COc1nc(N)nc2c1ncn2C1O[C@H](COP(=O)(NC(C(=O)O)C(C)C)Oc2cccc3ccccc23)[C@@H](O)[C@@]1(C)O. The lowest BCUT2D eigenvalue weighted by Crippen LogP contribution is -2.45. The highest BCUT2D eigenvalue weighted by molar-refractivity contribution is 7.52. The van der Waals surface area contributed by atoms with Crippen molar-refractivity contribution >= 4 is 41.6 Å². The molecule has 43 heavy (non-hydrogen) atoms. The fourth-order valence-corrected chi connectivity index (χ4v) is 6.62. The molecule has 15 nitrogen and oxygen atoms in total. The lowest BCUT2D eigenvalue weighted by Gasteiger charge is -2.28. The largest absolute Gasteiger partial charge is 0.480 e. The Morgan fingerprint density at radius 1 is 1.23 bits per heavy atom. The van der Waals surface area contributed by atoms with Crippen LogP contribution < -0.4 is 20.1 Å². The number of carboxylic acids is 1. The van der Waals surface area contributed by atoms with Gasteiger partial charge in [0.05, 0.1) is 20.0 Å². The van der Waals surface area contributed by atoms with Crippen LogP contribution in [0.3, 0.4) is 0 Å². The summed E-state index contributed by atoms with van der Waals surface area (Å²) in [5.41, 5.74) is 4.33. The number of hydrogen-bond acceptors (Lipinski definition) is 12. The van der Waals surface area contributed by atoms with Crippen LogP contribution in [-0.4, -0.2) is 78.4 Å². The van der Waals surface area contributed by atoms with Gasteiger partial charge in [-0.15, -0.1) is 0 Å². The highest BCUT2D eigenvalue weighted by Crippen LogP contribution is 2.49. The molecule has 5 rings (SSSR count). The van der Waals surface area contributed by atoms with Gasteiger partial charge < -0.3 is 35.1 Å². The smallest absolute Gasteiger partial charge is 0.459 e. The molecule has 6 N–H and O–H groups in total. The van der Waals surface area contributed by atoms with E-state index in [0.717, 1.165) is 5.39 Å². The summed E-state index contributed by atoms with van der Waals surface area (Å²) in [7, 11) is -3.05. The third-order valence-corrected chi connectivity index (χ3v) is 8.73. The number of anilines is 1. The van der Waals surface area contributed by atoms with E-state index in [1.165, 1.54) is 24.9 Å². The van der Waals surface area contributed by atoms with Crippen LogP contribution >= 0.6 is 7.75 Å². The average Bonchev–Trinajstić information content (AvgIpc) is 3.47. The molecule has 0 radical (unpaired) electrons. The number of imidazole rings is 1. The molecule has 6 atom stereocenters. The summed E-state index contributed by atoms with van der Waals surface area (Å²) in [6, 6.07) is 11.0. The van der Waals surface area contributed by atoms with Gasteiger partial charge >= 0.3 is 13.7 Å². The van der Waals surface area contributed by atoms with E-state index >= 15 is 0 Å². The summed E-state index contributed by atoms with van der Waals surface area (Å²) in [5, 5.41) is 36.1. The van der Waals surface area contributed by atoms with Crippen molar-refractivity contribution in [1.29, 1.82) is 0 Å². The van der Waals surface area contributed by atoms with E-state index in [-0.39, 0.29) is 28.7 Å². The van der Waals surface area contributed by atoms with Gasteiger partial charge in [-0.2, -0.15) is 15.1 Å². The van der Waals surface area contributed by atoms with Crippen molar-refractivity contribution in [2.75, 3.05) is 19.5 Å². The lowest BCUT2D eigenvalue weighted by atomic mass is 9.96. The zero-order valence-corrected chi connectivity index (χ0v) is 24.7. The Bertz CT molecular complexity index is 1690. The van der Waals surface area contributed by atoms with Gasteiger partial charge in [-0.05, 0) is 24.3 Å². The fraction of sp³-hybridized carbons (Fsp3) is 0.407. The first-order valence-electron chi connectivity index (χ1n) is 13.4. The Labute approximate surface area is 246 Å². The summed E-state index contributed by atoms with van der Waals surface area (Å²) >= 11 is 0. The molecule has 0 amide bonds. The number of nitrogen functional groups attached to an aromatic ring is 1. The van der Waals surface area contributed by atoms with Gasteiger partial charge in [-0.1, -0.05) is 50.2 Å². The second kappa shape index (κ2) is 11.7. The number of nitrogens with one attached hydrogen (secondary N) is 1. The first-order valence-corrected chi connectivity index (χ1v) is 14.9. The van der Waals surface area contributed by atoms with E-state index in [9.17, 15) is 24.7 Å². The maximum atomic E-state index is 14.2. The van der Waals surface area contributed by atoms with Gasteiger partial charge in [0.2, 0.25) is 11.8 Å². The van der Waals surface area contributed by atoms with Gasteiger partial charge in [0.1, 0.15) is 29.6 Å². The number of carboxylic acid groups (broad SMARTS) is 1. The molecule has 0 spiro atoms. The highest BCUT2D eigenvalue weighted by atomic mass is 31.2. The minimum Gasteiger partial charge on any atom is -0.480 e. The first-order chi connectivity index (χ1) is 20.3. The number of fused-ring (bicyclic) bond motifs is 2. The lowest BCUT2D eigenvalue weighted by molar-refractivity contribution is -0.140. The van der Waals surface area contributed by atoms with Crippen LogP contribution in [0, 0.1) is 5.92 Å². The Balaban J connectivity index is 1.44. The molecule has 2 aromatic carbocycles. The van der Waals surface area contributed by atoms with Crippen molar-refractivity contribution in [3.63, 3.8) is 0 Å². The van der Waals surface area contributed by atoms with Crippen molar-refractivity contribution in [2.45, 2.75) is 50.8 Å². The molecule has 3 heterocycles. The predicted octanol–water partition coefficient (Wildman–Crippen LogP) is 2.48. The summed E-state index contributed by atoms with van der Waals surface area (Å²) in [6.45, 7) is 4.07. The number of carbonyl (C=O) groups is 1. The van der Waals surface area contributed by atoms with Crippen LogP contribution in [-0.2, 0) is 18.6 Å². The monoisotopic (exact) mass is 616 g/mol. The predicted molar refractivity (Wildman–Crippen MR) is 154 cm³/mol. The Kier molecular flexibility index (Phi) is 8.31. The molecule has 1 aliphatic heterocycles. The van der Waals surface area contributed by atoms with E-state index in [4.69, 9.17) is 24.3 Å². The van der Waals surface area contributed by atoms with Crippen LogP contribution in [0.2, 0.25) is 0 Å². The molecule has 2 aromatic heterocycles. The minimum atomic E-state index is -4.44. The van der Waals surface area contributed by atoms with Crippen molar-refractivity contribution in [3.05, 3.63) is 48.8 Å². The summed E-state index contributed by atoms with van der Waals surface area (Å²) in [5.74, 6) is -1.57. The number of aliphatic hydroxyl groups excluding tert-OH is 1. The Morgan fingerprint density at radius 2 is 1.95 bits per heavy atom. The van der Waals surface area contributed by atoms with Crippen LogP contribution in [0.15, 0.2) is 48.8 Å². The van der Waals surface area contributed by atoms with Crippen molar-refractivity contribution < 1.29 is 43.2 Å². The van der Waals surface area contributed by atoms with E-state index in [1.807, 2.05) is 18.2 Å². The fourth-order valence-electron chi connectivity index (χ4n) is 4.92. The molecule has 0 bridgehead atoms. The molecule has 16 heteroatoms. The number of benzene rings is 2. The van der Waals surface area contributed by atoms with Crippen molar-refractivity contribution in [3.8, 4) is 11.6 Å². The first kappa shape index (κ1) is 30.6. The number of nitrogens with zero attached hydrogens (tertiary/aromatic N) is 4. The van der Waals surface area contributed by atoms with E-state index in [0.29, 0.717) is 5.39 Å². The van der Waals surface area contributed by atoms with Crippen molar-refractivity contribution in [2.24, 2.45) is 5.92 Å². The maximum Gasteiger partial charge on any atom is 0.459 e. The molecular weight excluding hydrogens is 583 g/mol. The molecule has 230 valence electrons. The van der Waals surface area contributed by atoms with E-state index in [2.05, 4.69) is 20.0 Å². The van der Waals surface area contributed by atoms with Crippen LogP contribution in [0.4, 0.5) is 5.95 Å². The summed E-state index contributed by atoms with van der Waals surface area (Å²) in [4.78, 5) is 24.4. The van der Waals surface area contributed by atoms with E-state index in [1.54, 1.807) is 38.1 Å². The Hall–Kier alpha value is -3.85. The second-order valence-corrected chi connectivity index (χ2v) is 12.4. The number of aliphatic hydroxyl groups is 2. The number of rotatable bonds is 11. The zero-order chi connectivity index (χ0) is 31.1. The third-order valence-electron chi connectivity index (χ3n) is 7.21. The molecule has 3 unspecified atom stereocenters. The Morgan fingerprint density at radius 3 is 2.65 bits per heavy atom. The van der Waals surface area contributed by atoms with E-state index < -0.39 is 56.3 Å². The molecule has 0 saturated carbocycles. The number of hydrogen-bond donors (Lipinski definition) is 5. The van der Waals surface area contributed by atoms with Gasteiger partial charge in [0, 0.05) is 5.39 Å². The highest BCUT2D eigenvalue weighted by Gasteiger charge is 2.54. The molecule has 1 saturated heterocycles. The normalized spacial score (nSPS) is 24.3. The van der Waals surface area contributed by atoms with Crippen molar-refractivity contribution in [1.82, 2.24) is 24.6 Å². The van der Waals surface area contributed by atoms with Crippen LogP contribution in [0.1, 0.15) is 27.0 Å². The second-order valence-electron chi connectivity index (χ2n) is 10.7. The zero-order valence-electron chi connectivity index (χ0n) is 23.8. The number of aromatic nitrogens is 4. The van der Waals surface area contributed by atoms with Crippen LogP contribution in [0.5, 0.6) is 11.6 Å². The number of ether oxygens (including phenoxy) is 2. The van der Waals surface area contributed by atoms with Gasteiger partial charge in [0.25, 0.3) is 0 Å². The topological polar surface area (TPSA) is 213 Å². The molecule has 1 fully saturated rings. The van der Waals surface area contributed by atoms with Crippen LogP contribution in [0.25, 0.3) is 21.9 Å². The summed E-state index contributed by atoms with van der Waals surface area (Å²) in [6.07, 6.45) is -2.71. The van der Waals surface area contributed by atoms with Gasteiger partial charge in [-0.3, -0.25) is 13.9 Å². The quantitative estimate of drug-likeness (QED) is 0.153. The summed E-state index contributed by atoms with van der Waals surface area (Å²) < 4.78 is 38.4.